The Morgan fingerprint density at radius 2 is 2.05 bits per heavy atom. The number of sulfonamides is 1. The average Bonchev–Trinajstić information content (AvgIpc) is 3.05. The minimum atomic E-state index is -4.00. The minimum Gasteiger partial charge on any atom is -0.365 e. The first-order valence-corrected chi connectivity index (χ1v) is 8.98. The summed E-state index contributed by atoms with van der Waals surface area (Å²) in [5, 5.41) is 3.60. The van der Waals surface area contributed by atoms with Crippen molar-refractivity contribution in [1.82, 2.24) is 9.88 Å². The molecule has 1 aromatic rings. The number of hydrogen-bond donors (Lipinski definition) is 1. The fraction of sp³-hybridized carbons (Fsp3) is 0.714. The maximum absolute atomic E-state index is 12.3. The number of carbonyl (C=O) groups excluding carboxylic acids is 1. The molecule has 1 aromatic heterocycles. The Labute approximate surface area is 130 Å². The molecule has 124 valence electrons. The highest BCUT2D eigenvalue weighted by molar-refractivity contribution is 7.90. The molecule has 22 heavy (non-hydrogen) atoms. The van der Waals surface area contributed by atoms with Gasteiger partial charge < -0.3 is 9.26 Å². The molecule has 0 radical (unpaired) electrons. The number of carbonyl (C=O) groups is 1. The fourth-order valence-electron chi connectivity index (χ4n) is 2.71. The number of ether oxygens (including phenoxy) is 1. The molecule has 1 unspecified atom stereocenters. The highest BCUT2D eigenvalue weighted by Gasteiger charge is 2.30. The van der Waals surface area contributed by atoms with E-state index in [9.17, 15) is 13.2 Å². The van der Waals surface area contributed by atoms with Crippen LogP contribution in [0.15, 0.2) is 9.42 Å². The van der Waals surface area contributed by atoms with Crippen LogP contribution in [0.5, 0.6) is 0 Å². The number of rotatable bonds is 6. The van der Waals surface area contributed by atoms with Crippen molar-refractivity contribution >= 4 is 15.9 Å². The lowest BCUT2D eigenvalue weighted by atomic mass is 10.2. The van der Waals surface area contributed by atoms with E-state index in [4.69, 9.17) is 9.26 Å². The lowest BCUT2D eigenvalue weighted by Gasteiger charge is -2.20. The molecule has 1 amide bonds. The normalized spacial score (nSPS) is 17.6. The Kier molecular flexibility index (Phi) is 5.23. The topological polar surface area (TPSA) is 98.5 Å². The molecule has 0 bridgehead atoms. The Hall–Kier alpha value is -1.41. The monoisotopic (exact) mass is 330 g/mol. The van der Waals surface area contributed by atoms with Crippen LogP contribution in [0.2, 0.25) is 0 Å². The summed E-state index contributed by atoms with van der Waals surface area (Å²) in [6.45, 7) is 4.80. The van der Waals surface area contributed by atoms with Gasteiger partial charge in [-0.05, 0) is 33.1 Å². The maximum Gasteiger partial charge on any atom is 0.269 e. The van der Waals surface area contributed by atoms with Crippen molar-refractivity contribution in [3.63, 3.8) is 0 Å². The molecule has 0 aromatic carbocycles. The zero-order chi connectivity index (χ0) is 16.3. The van der Waals surface area contributed by atoms with Crippen LogP contribution in [0.1, 0.15) is 50.5 Å². The summed E-state index contributed by atoms with van der Waals surface area (Å²) in [6, 6.07) is 0. The number of aromatic nitrogens is 1. The second kappa shape index (κ2) is 6.78. The van der Waals surface area contributed by atoms with Crippen molar-refractivity contribution in [2.24, 2.45) is 0 Å². The van der Waals surface area contributed by atoms with Crippen molar-refractivity contribution in [3.8, 4) is 0 Å². The van der Waals surface area contributed by atoms with Gasteiger partial charge in [0.05, 0.1) is 6.10 Å². The highest BCUT2D eigenvalue weighted by atomic mass is 32.2. The van der Waals surface area contributed by atoms with Crippen molar-refractivity contribution in [3.05, 3.63) is 11.5 Å². The molecule has 1 aliphatic rings. The molecule has 1 fully saturated rings. The van der Waals surface area contributed by atoms with E-state index in [-0.39, 0.29) is 22.5 Å². The SMILES string of the molecule is CCC(OC1CCCC1)C(=O)NS(=O)(=O)c1c(C)noc1C. The lowest BCUT2D eigenvalue weighted by Crippen LogP contribution is -2.41. The van der Waals surface area contributed by atoms with Gasteiger partial charge in [-0.25, -0.2) is 13.1 Å². The molecule has 7 nitrogen and oxygen atoms in total. The highest BCUT2D eigenvalue weighted by Crippen LogP contribution is 2.23. The van der Waals surface area contributed by atoms with E-state index < -0.39 is 22.0 Å². The minimum absolute atomic E-state index is 0.0393. The standard InChI is InChI=1S/C14H22N2O5S/c1-4-12(20-11-7-5-6-8-11)14(17)16-22(18,19)13-9(2)15-21-10(13)3/h11-12H,4-8H2,1-3H3,(H,16,17). The van der Waals surface area contributed by atoms with Crippen molar-refractivity contribution in [2.75, 3.05) is 0 Å². The molecule has 1 N–H and O–H groups in total. The summed E-state index contributed by atoms with van der Waals surface area (Å²) in [4.78, 5) is 12.1. The van der Waals surface area contributed by atoms with Crippen LogP contribution in [0.3, 0.4) is 0 Å². The number of nitrogens with one attached hydrogen (secondary N) is 1. The van der Waals surface area contributed by atoms with Gasteiger partial charge in [0.1, 0.15) is 11.8 Å². The van der Waals surface area contributed by atoms with Gasteiger partial charge in [-0.2, -0.15) is 0 Å². The van der Waals surface area contributed by atoms with Crippen LogP contribution in [0.4, 0.5) is 0 Å². The van der Waals surface area contributed by atoms with E-state index in [1.165, 1.54) is 13.8 Å². The third kappa shape index (κ3) is 3.67. The van der Waals surface area contributed by atoms with Gasteiger partial charge in [-0.3, -0.25) is 4.79 Å². The first-order chi connectivity index (χ1) is 10.3. The van der Waals surface area contributed by atoms with Gasteiger partial charge in [0.25, 0.3) is 15.9 Å². The zero-order valence-corrected chi connectivity index (χ0v) is 13.9. The van der Waals surface area contributed by atoms with E-state index in [1.54, 1.807) is 6.92 Å². The molecular weight excluding hydrogens is 308 g/mol. The Morgan fingerprint density at radius 1 is 1.41 bits per heavy atom. The van der Waals surface area contributed by atoms with E-state index in [0.717, 1.165) is 25.7 Å². The molecule has 0 saturated heterocycles. The largest absolute Gasteiger partial charge is 0.365 e. The molecular formula is C14H22N2O5S. The Morgan fingerprint density at radius 3 is 2.55 bits per heavy atom. The molecule has 8 heteroatoms. The summed E-state index contributed by atoms with van der Waals surface area (Å²) in [5.41, 5.74) is 0.225. The van der Waals surface area contributed by atoms with Crippen molar-refractivity contribution < 1.29 is 22.5 Å². The van der Waals surface area contributed by atoms with Crippen molar-refractivity contribution in [1.29, 1.82) is 0 Å². The van der Waals surface area contributed by atoms with Crippen LogP contribution < -0.4 is 4.72 Å². The predicted octanol–water partition coefficient (Wildman–Crippen LogP) is 1.83. The zero-order valence-electron chi connectivity index (χ0n) is 13.1. The van der Waals surface area contributed by atoms with E-state index in [0.29, 0.717) is 6.42 Å². The number of aryl methyl sites for hydroxylation is 2. The third-order valence-electron chi connectivity index (χ3n) is 3.79. The van der Waals surface area contributed by atoms with E-state index in [1.807, 2.05) is 0 Å². The molecule has 1 saturated carbocycles. The first-order valence-electron chi connectivity index (χ1n) is 7.50. The molecule has 1 aliphatic carbocycles. The van der Waals surface area contributed by atoms with E-state index >= 15 is 0 Å². The second-order valence-electron chi connectivity index (χ2n) is 5.56. The smallest absolute Gasteiger partial charge is 0.269 e. The third-order valence-corrected chi connectivity index (χ3v) is 5.38. The van der Waals surface area contributed by atoms with Gasteiger partial charge >= 0.3 is 0 Å². The lowest BCUT2D eigenvalue weighted by molar-refractivity contribution is -0.134. The maximum atomic E-state index is 12.3. The van der Waals surface area contributed by atoms with Gasteiger partial charge in [0.2, 0.25) is 0 Å². The second-order valence-corrected chi connectivity index (χ2v) is 7.18. The van der Waals surface area contributed by atoms with Gasteiger partial charge in [0.15, 0.2) is 10.7 Å². The average molecular weight is 330 g/mol. The summed E-state index contributed by atoms with van der Waals surface area (Å²) < 4.78 is 37.3. The summed E-state index contributed by atoms with van der Waals surface area (Å²) in [6.07, 6.45) is 3.69. The van der Waals surface area contributed by atoms with Crippen LogP contribution in [0.25, 0.3) is 0 Å². The number of amides is 1. The van der Waals surface area contributed by atoms with E-state index in [2.05, 4.69) is 9.88 Å². The van der Waals surface area contributed by atoms with Crippen LogP contribution in [0, 0.1) is 13.8 Å². The summed E-state index contributed by atoms with van der Waals surface area (Å²) in [7, 11) is -4.00. The van der Waals surface area contributed by atoms with Gasteiger partial charge in [0, 0.05) is 0 Å². The Balaban J connectivity index is 2.08. The molecule has 0 aliphatic heterocycles. The van der Waals surface area contributed by atoms with Gasteiger partial charge in [-0.15, -0.1) is 0 Å². The number of hydrogen-bond acceptors (Lipinski definition) is 6. The summed E-state index contributed by atoms with van der Waals surface area (Å²) in [5.74, 6) is -0.489. The number of nitrogens with zero attached hydrogens (tertiary/aromatic N) is 1. The van der Waals surface area contributed by atoms with Crippen LogP contribution in [-0.2, 0) is 19.6 Å². The first kappa shape index (κ1) is 17.0. The Bertz CT molecular complexity index is 612. The van der Waals surface area contributed by atoms with Crippen LogP contribution >= 0.6 is 0 Å². The quantitative estimate of drug-likeness (QED) is 0.854. The van der Waals surface area contributed by atoms with Gasteiger partial charge in [-0.1, -0.05) is 24.9 Å². The summed E-state index contributed by atoms with van der Waals surface area (Å²) >= 11 is 0. The van der Waals surface area contributed by atoms with Crippen LogP contribution in [-0.4, -0.2) is 31.7 Å². The molecule has 1 atom stereocenters. The van der Waals surface area contributed by atoms with Crippen molar-refractivity contribution in [2.45, 2.75) is 70.0 Å². The predicted molar refractivity (Wildman–Crippen MR) is 78.7 cm³/mol. The fourth-order valence-corrected chi connectivity index (χ4v) is 4.05. The molecule has 0 spiro atoms. The molecule has 2 rings (SSSR count). The molecule has 1 heterocycles.